The van der Waals surface area contributed by atoms with Crippen LogP contribution < -0.4 is 19.1 Å². The van der Waals surface area contributed by atoms with Crippen LogP contribution in [0.3, 0.4) is 0 Å². The molecule has 1 aliphatic heterocycles. The lowest BCUT2D eigenvalue weighted by Crippen LogP contribution is -2.40. The summed E-state index contributed by atoms with van der Waals surface area (Å²) in [5.41, 5.74) is 3.44. The minimum Gasteiger partial charge on any atom is -0.486 e. The van der Waals surface area contributed by atoms with Crippen LogP contribution >= 0.6 is 0 Å². The number of amides is 1. The van der Waals surface area contributed by atoms with Gasteiger partial charge in [0.25, 0.3) is 10.0 Å². The van der Waals surface area contributed by atoms with E-state index in [1.807, 2.05) is 6.92 Å². The molecule has 7 nitrogen and oxygen atoms in total. The molecule has 1 heterocycles. The molecule has 36 heavy (non-hydrogen) atoms. The Morgan fingerprint density at radius 1 is 0.917 bits per heavy atom. The van der Waals surface area contributed by atoms with Gasteiger partial charge in [-0.05, 0) is 65.9 Å². The van der Waals surface area contributed by atoms with Crippen LogP contribution in [-0.4, -0.2) is 34.1 Å². The Hall–Kier alpha value is -3.59. The number of hydrogen-bond acceptors (Lipinski definition) is 5. The number of ether oxygens (including phenoxy) is 2. The number of fused-ring (bicyclic) bond motifs is 1. The van der Waals surface area contributed by atoms with Gasteiger partial charge in [-0.1, -0.05) is 32.0 Å². The quantitative estimate of drug-likeness (QED) is 0.464. The minimum atomic E-state index is -4.19. The van der Waals surface area contributed by atoms with Crippen LogP contribution in [0.1, 0.15) is 30.5 Å². The average Bonchev–Trinajstić information content (AvgIpc) is 2.90. The number of hydrogen-bond donors (Lipinski definition) is 1. The summed E-state index contributed by atoms with van der Waals surface area (Å²) >= 11 is 0. The van der Waals surface area contributed by atoms with Crippen molar-refractivity contribution in [2.75, 3.05) is 24.1 Å². The van der Waals surface area contributed by atoms with Gasteiger partial charge >= 0.3 is 0 Å². The van der Waals surface area contributed by atoms with Crippen molar-refractivity contribution in [2.45, 2.75) is 38.1 Å². The first-order valence-corrected chi connectivity index (χ1v) is 13.3. The molecule has 0 saturated heterocycles. The van der Waals surface area contributed by atoms with Crippen molar-refractivity contribution in [1.82, 2.24) is 5.32 Å². The Labute approximate surface area is 210 Å². The molecule has 0 saturated carbocycles. The van der Waals surface area contributed by atoms with Crippen molar-refractivity contribution >= 4 is 21.6 Å². The molecule has 1 N–H and O–H groups in total. The minimum absolute atomic E-state index is 0.0622. The van der Waals surface area contributed by atoms with Gasteiger partial charge in [0.15, 0.2) is 11.5 Å². The van der Waals surface area contributed by atoms with Crippen LogP contribution in [0.15, 0.2) is 65.6 Å². The van der Waals surface area contributed by atoms with Crippen molar-refractivity contribution in [3.63, 3.8) is 0 Å². The van der Waals surface area contributed by atoms with Gasteiger partial charge in [0.2, 0.25) is 5.91 Å². The van der Waals surface area contributed by atoms with Crippen LogP contribution in [0.2, 0.25) is 0 Å². The van der Waals surface area contributed by atoms with Crippen LogP contribution in [-0.2, 0) is 34.2 Å². The maximum atomic E-state index is 13.7. The molecule has 0 aliphatic carbocycles. The number of rotatable bonds is 9. The van der Waals surface area contributed by atoms with Gasteiger partial charge in [-0.3, -0.25) is 9.10 Å². The van der Waals surface area contributed by atoms with Gasteiger partial charge in [-0.2, -0.15) is 0 Å². The number of aryl methyl sites for hydroxylation is 2. The smallest absolute Gasteiger partial charge is 0.264 e. The molecule has 1 amide bonds. The van der Waals surface area contributed by atoms with E-state index in [4.69, 9.17) is 9.47 Å². The Kier molecular flexibility index (Phi) is 7.79. The van der Waals surface area contributed by atoms with E-state index >= 15 is 0 Å². The van der Waals surface area contributed by atoms with E-state index in [2.05, 4.69) is 30.4 Å². The number of benzene rings is 3. The molecule has 190 valence electrons. The second-order valence-electron chi connectivity index (χ2n) is 8.38. The van der Waals surface area contributed by atoms with E-state index in [0.29, 0.717) is 24.7 Å². The van der Waals surface area contributed by atoms with Crippen LogP contribution in [0.5, 0.6) is 11.5 Å². The fraction of sp³-hybridized carbons (Fsp3) is 0.296. The van der Waals surface area contributed by atoms with Crippen molar-refractivity contribution in [3.8, 4) is 11.5 Å². The molecule has 0 unspecified atom stereocenters. The molecule has 3 aromatic carbocycles. The van der Waals surface area contributed by atoms with Crippen molar-refractivity contribution < 1.29 is 27.1 Å². The Morgan fingerprint density at radius 3 is 2.33 bits per heavy atom. The summed E-state index contributed by atoms with van der Waals surface area (Å²) in [4.78, 5) is 12.9. The predicted molar refractivity (Wildman–Crippen MR) is 135 cm³/mol. The lowest BCUT2D eigenvalue weighted by atomic mass is 10.0. The number of nitrogens with zero attached hydrogens (tertiary/aromatic N) is 1. The summed E-state index contributed by atoms with van der Waals surface area (Å²) in [6, 6.07) is 15.5. The summed E-state index contributed by atoms with van der Waals surface area (Å²) < 4.78 is 52.9. The van der Waals surface area contributed by atoms with Gasteiger partial charge in [-0.15, -0.1) is 0 Å². The lowest BCUT2D eigenvalue weighted by molar-refractivity contribution is -0.119. The van der Waals surface area contributed by atoms with Gasteiger partial charge < -0.3 is 14.8 Å². The van der Waals surface area contributed by atoms with Gasteiger partial charge in [0.05, 0.1) is 10.6 Å². The summed E-state index contributed by atoms with van der Waals surface area (Å²) in [5, 5.41) is 2.85. The first-order chi connectivity index (χ1) is 17.3. The lowest BCUT2D eigenvalue weighted by Gasteiger charge is -2.25. The van der Waals surface area contributed by atoms with Crippen LogP contribution in [0.4, 0.5) is 10.1 Å². The van der Waals surface area contributed by atoms with Gasteiger partial charge in [0.1, 0.15) is 25.6 Å². The third-order valence-electron chi connectivity index (χ3n) is 6.04. The molecule has 9 heteroatoms. The highest BCUT2D eigenvalue weighted by Crippen LogP contribution is 2.34. The second kappa shape index (κ2) is 11.0. The zero-order valence-corrected chi connectivity index (χ0v) is 21.1. The van der Waals surface area contributed by atoms with Crippen LogP contribution in [0, 0.1) is 5.82 Å². The number of nitrogens with one attached hydrogen (secondary N) is 1. The van der Waals surface area contributed by atoms with Crippen molar-refractivity contribution in [3.05, 3.63) is 83.2 Å². The maximum absolute atomic E-state index is 13.7. The zero-order chi connectivity index (χ0) is 25.7. The van der Waals surface area contributed by atoms with E-state index in [0.717, 1.165) is 46.0 Å². The molecule has 0 atom stereocenters. The third-order valence-corrected chi connectivity index (χ3v) is 7.81. The molecule has 0 spiro atoms. The molecule has 1 aliphatic rings. The van der Waals surface area contributed by atoms with Crippen molar-refractivity contribution in [1.29, 1.82) is 0 Å². The Balaban J connectivity index is 1.60. The van der Waals surface area contributed by atoms with E-state index in [1.54, 1.807) is 0 Å². The van der Waals surface area contributed by atoms with E-state index in [9.17, 15) is 17.6 Å². The van der Waals surface area contributed by atoms with E-state index in [1.165, 1.54) is 30.3 Å². The fourth-order valence-corrected chi connectivity index (χ4v) is 5.46. The number of carbonyl (C=O) groups excluding carboxylic acids is 1. The van der Waals surface area contributed by atoms with Gasteiger partial charge in [0, 0.05) is 12.6 Å². The maximum Gasteiger partial charge on any atom is 0.264 e. The predicted octanol–water partition coefficient (Wildman–Crippen LogP) is 4.23. The first-order valence-electron chi connectivity index (χ1n) is 11.9. The number of carbonyl (C=O) groups is 1. The highest BCUT2D eigenvalue weighted by Gasteiger charge is 2.29. The largest absolute Gasteiger partial charge is 0.486 e. The first kappa shape index (κ1) is 25.5. The highest BCUT2D eigenvalue weighted by atomic mass is 32.2. The monoisotopic (exact) mass is 512 g/mol. The zero-order valence-electron chi connectivity index (χ0n) is 20.3. The average molecular weight is 513 g/mol. The summed E-state index contributed by atoms with van der Waals surface area (Å²) in [5.74, 6) is -0.228. The van der Waals surface area contributed by atoms with E-state index in [-0.39, 0.29) is 17.1 Å². The fourth-order valence-electron chi connectivity index (χ4n) is 4.02. The number of anilines is 1. The second-order valence-corrected chi connectivity index (χ2v) is 10.2. The number of halogens is 1. The highest BCUT2D eigenvalue weighted by molar-refractivity contribution is 7.92. The SMILES string of the molecule is CCc1ccc(CC)c(CNC(=O)CN(c2ccc(F)cc2)S(=O)(=O)c2ccc3c(c2)OCCO3)c1. The molecule has 4 rings (SSSR count). The van der Waals surface area contributed by atoms with Crippen molar-refractivity contribution in [2.24, 2.45) is 0 Å². The summed E-state index contributed by atoms with van der Waals surface area (Å²) in [6.07, 6.45) is 1.69. The molecule has 0 fully saturated rings. The standard InChI is InChI=1S/C27H29FN2O5S/c1-3-19-5-6-20(4-2)21(15-19)17-29-27(31)18-30(23-9-7-22(28)8-10-23)36(32,33)24-11-12-25-26(16-24)35-14-13-34-25/h5-12,15-16H,3-4,13-14,17-18H2,1-2H3,(H,29,31). The summed E-state index contributed by atoms with van der Waals surface area (Å²) in [7, 11) is -4.19. The molecular formula is C27H29FN2O5S. The summed E-state index contributed by atoms with van der Waals surface area (Å²) in [6.45, 7) is 4.59. The molecular weight excluding hydrogens is 483 g/mol. The number of sulfonamides is 1. The Morgan fingerprint density at radius 2 is 1.64 bits per heavy atom. The topological polar surface area (TPSA) is 84.9 Å². The molecule has 0 aromatic heterocycles. The molecule has 3 aromatic rings. The molecule has 0 bridgehead atoms. The van der Waals surface area contributed by atoms with Gasteiger partial charge in [-0.25, -0.2) is 12.8 Å². The third kappa shape index (κ3) is 5.62. The van der Waals surface area contributed by atoms with E-state index < -0.39 is 28.3 Å². The Bertz CT molecular complexity index is 1340. The van der Waals surface area contributed by atoms with Crippen LogP contribution in [0.25, 0.3) is 0 Å². The normalized spacial score (nSPS) is 12.8. The molecule has 0 radical (unpaired) electrons.